The van der Waals surface area contributed by atoms with Crippen molar-refractivity contribution in [2.24, 2.45) is 5.92 Å². The average Bonchev–Trinajstić information content (AvgIpc) is 2.03. The highest BCUT2D eigenvalue weighted by Crippen LogP contribution is 2.28. The monoisotopic (exact) mass is 181 g/mol. The fourth-order valence-electron chi connectivity index (χ4n) is 1.66. The first-order valence-corrected chi connectivity index (χ1v) is 4.41. The van der Waals surface area contributed by atoms with E-state index in [2.05, 4.69) is 5.32 Å². The maximum absolute atomic E-state index is 12.8. The minimum atomic E-state index is -0.220. The van der Waals surface area contributed by atoms with E-state index < -0.39 is 0 Å². The van der Waals surface area contributed by atoms with Crippen LogP contribution in [0.3, 0.4) is 0 Å². The first-order valence-electron chi connectivity index (χ1n) is 4.41. The summed E-state index contributed by atoms with van der Waals surface area (Å²) in [7, 11) is 0. The van der Waals surface area contributed by atoms with Crippen molar-refractivity contribution in [2.45, 2.75) is 6.04 Å². The molecule has 1 saturated heterocycles. The molecule has 70 valence electrons. The lowest BCUT2D eigenvalue weighted by molar-refractivity contribution is 0.128. The number of rotatable bonds is 2. The standard InChI is InChI=1S/C10H12FNO/c11-9-3-1-2-7(4-9)10-8(6-13)5-12-10/h1-4,8,10,12-13H,5-6H2. The summed E-state index contributed by atoms with van der Waals surface area (Å²) in [6.45, 7) is 0.978. The van der Waals surface area contributed by atoms with Crippen molar-refractivity contribution in [1.82, 2.24) is 5.32 Å². The van der Waals surface area contributed by atoms with Crippen molar-refractivity contribution < 1.29 is 9.50 Å². The zero-order chi connectivity index (χ0) is 9.26. The summed E-state index contributed by atoms with van der Waals surface area (Å²) < 4.78 is 12.8. The molecular formula is C10H12FNO. The lowest BCUT2D eigenvalue weighted by Crippen LogP contribution is -2.47. The van der Waals surface area contributed by atoms with Crippen LogP contribution in [0.1, 0.15) is 11.6 Å². The van der Waals surface area contributed by atoms with Crippen molar-refractivity contribution in [2.75, 3.05) is 13.2 Å². The third-order valence-corrected chi connectivity index (χ3v) is 2.51. The Balaban J connectivity index is 2.16. The van der Waals surface area contributed by atoms with Gasteiger partial charge in [0.25, 0.3) is 0 Å². The Labute approximate surface area is 76.4 Å². The highest BCUT2D eigenvalue weighted by Gasteiger charge is 2.30. The summed E-state index contributed by atoms with van der Waals surface area (Å²) in [5.41, 5.74) is 0.922. The maximum Gasteiger partial charge on any atom is 0.123 e. The Bertz CT molecular complexity index is 301. The van der Waals surface area contributed by atoms with E-state index in [1.165, 1.54) is 12.1 Å². The molecule has 2 unspecified atom stereocenters. The average molecular weight is 181 g/mol. The zero-order valence-corrected chi connectivity index (χ0v) is 7.20. The van der Waals surface area contributed by atoms with Crippen LogP contribution in [-0.4, -0.2) is 18.3 Å². The highest BCUT2D eigenvalue weighted by molar-refractivity contribution is 5.23. The second-order valence-electron chi connectivity index (χ2n) is 3.38. The number of nitrogens with one attached hydrogen (secondary N) is 1. The molecule has 0 spiro atoms. The van der Waals surface area contributed by atoms with Gasteiger partial charge in [0.2, 0.25) is 0 Å². The fourth-order valence-corrected chi connectivity index (χ4v) is 1.66. The molecule has 0 bridgehead atoms. The van der Waals surface area contributed by atoms with Gasteiger partial charge in [-0.05, 0) is 17.7 Å². The molecule has 0 aromatic heterocycles. The van der Waals surface area contributed by atoms with E-state index in [0.29, 0.717) is 0 Å². The van der Waals surface area contributed by atoms with Gasteiger partial charge in [0.1, 0.15) is 5.82 Å². The molecular weight excluding hydrogens is 169 g/mol. The minimum Gasteiger partial charge on any atom is -0.396 e. The minimum absolute atomic E-state index is 0.126. The normalized spacial score (nSPS) is 26.9. The Morgan fingerprint density at radius 2 is 2.38 bits per heavy atom. The van der Waals surface area contributed by atoms with Gasteiger partial charge in [0.05, 0.1) is 0 Å². The quantitative estimate of drug-likeness (QED) is 0.715. The molecule has 13 heavy (non-hydrogen) atoms. The lowest BCUT2D eigenvalue weighted by atomic mass is 9.87. The number of aliphatic hydroxyl groups excluding tert-OH is 1. The molecule has 2 rings (SSSR count). The second-order valence-corrected chi connectivity index (χ2v) is 3.38. The van der Waals surface area contributed by atoms with Crippen molar-refractivity contribution in [3.8, 4) is 0 Å². The van der Waals surface area contributed by atoms with Gasteiger partial charge < -0.3 is 10.4 Å². The second kappa shape index (κ2) is 3.44. The first-order chi connectivity index (χ1) is 6.31. The largest absolute Gasteiger partial charge is 0.396 e. The van der Waals surface area contributed by atoms with Crippen LogP contribution >= 0.6 is 0 Å². The van der Waals surface area contributed by atoms with E-state index in [9.17, 15) is 4.39 Å². The van der Waals surface area contributed by atoms with Crippen LogP contribution in [0, 0.1) is 11.7 Å². The Morgan fingerprint density at radius 3 is 2.92 bits per heavy atom. The predicted molar refractivity (Wildman–Crippen MR) is 47.7 cm³/mol. The molecule has 1 aromatic carbocycles. The molecule has 1 heterocycles. The van der Waals surface area contributed by atoms with E-state index >= 15 is 0 Å². The number of hydrogen-bond acceptors (Lipinski definition) is 2. The number of halogens is 1. The van der Waals surface area contributed by atoms with E-state index in [1.807, 2.05) is 6.07 Å². The van der Waals surface area contributed by atoms with E-state index in [1.54, 1.807) is 6.07 Å². The smallest absolute Gasteiger partial charge is 0.123 e. The van der Waals surface area contributed by atoms with E-state index in [0.717, 1.165) is 12.1 Å². The molecule has 1 aliphatic heterocycles. The summed E-state index contributed by atoms with van der Waals surface area (Å²) >= 11 is 0. The Morgan fingerprint density at radius 1 is 1.54 bits per heavy atom. The molecule has 2 N–H and O–H groups in total. The first kappa shape index (κ1) is 8.66. The molecule has 1 aliphatic rings. The molecule has 2 atom stereocenters. The fraction of sp³-hybridized carbons (Fsp3) is 0.400. The van der Waals surface area contributed by atoms with Crippen LogP contribution in [0.25, 0.3) is 0 Å². The van der Waals surface area contributed by atoms with Crippen LogP contribution in [0.2, 0.25) is 0 Å². The van der Waals surface area contributed by atoms with Crippen LogP contribution in [0.4, 0.5) is 4.39 Å². The molecule has 1 aromatic rings. The number of aliphatic hydroxyl groups is 1. The maximum atomic E-state index is 12.8. The molecule has 0 aliphatic carbocycles. The van der Waals surface area contributed by atoms with Crippen molar-refractivity contribution in [3.05, 3.63) is 35.6 Å². The predicted octanol–water partition coefficient (Wildman–Crippen LogP) is 1.08. The van der Waals surface area contributed by atoms with Gasteiger partial charge in [-0.1, -0.05) is 12.1 Å². The molecule has 2 nitrogen and oxygen atoms in total. The summed E-state index contributed by atoms with van der Waals surface area (Å²) in [5, 5.41) is 12.1. The van der Waals surface area contributed by atoms with Crippen LogP contribution in [0.15, 0.2) is 24.3 Å². The van der Waals surface area contributed by atoms with Gasteiger partial charge in [-0.25, -0.2) is 4.39 Å². The molecule has 0 amide bonds. The number of hydrogen-bond donors (Lipinski definition) is 2. The SMILES string of the molecule is OCC1CNC1c1cccc(F)c1. The third-order valence-electron chi connectivity index (χ3n) is 2.51. The van der Waals surface area contributed by atoms with E-state index in [-0.39, 0.29) is 24.4 Å². The van der Waals surface area contributed by atoms with Gasteiger partial charge >= 0.3 is 0 Å². The van der Waals surface area contributed by atoms with Gasteiger partial charge in [-0.3, -0.25) is 0 Å². The summed E-state index contributed by atoms with van der Waals surface area (Å²) in [6.07, 6.45) is 0. The van der Waals surface area contributed by atoms with Crippen molar-refractivity contribution in [3.63, 3.8) is 0 Å². The Hall–Kier alpha value is -0.930. The summed E-state index contributed by atoms with van der Waals surface area (Å²) in [6, 6.07) is 6.64. The van der Waals surface area contributed by atoms with Crippen molar-refractivity contribution >= 4 is 0 Å². The summed E-state index contributed by atoms with van der Waals surface area (Å²) in [4.78, 5) is 0. The lowest BCUT2D eigenvalue weighted by Gasteiger charge is -2.37. The van der Waals surface area contributed by atoms with Crippen molar-refractivity contribution in [1.29, 1.82) is 0 Å². The highest BCUT2D eigenvalue weighted by atomic mass is 19.1. The van der Waals surface area contributed by atoms with Crippen LogP contribution in [0.5, 0.6) is 0 Å². The number of benzene rings is 1. The van der Waals surface area contributed by atoms with Gasteiger partial charge in [-0.2, -0.15) is 0 Å². The molecule has 0 saturated carbocycles. The Kier molecular flexibility index (Phi) is 2.29. The van der Waals surface area contributed by atoms with E-state index in [4.69, 9.17) is 5.11 Å². The van der Waals surface area contributed by atoms with Crippen LogP contribution in [-0.2, 0) is 0 Å². The van der Waals surface area contributed by atoms with Gasteiger partial charge in [0, 0.05) is 25.1 Å². The summed E-state index contributed by atoms with van der Waals surface area (Å²) in [5.74, 6) is 0.0182. The molecule has 3 heteroatoms. The topological polar surface area (TPSA) is 32.3 Å². The zero-order valence-electron chi connectivity index (χ0n) is 7.20. The molecule has 1 fully saturated rings. The third kappa shape index (κ3) is 1.57. The molecule has 0 radical (unpaired) electrons. The van der Waals surface area contributed by atoms with Gasteiger partial charge in [0.15, 0.2) is 0 Å². The van der Waals surface area contributed by atoms with Gasteiger partial charge in [-0.15, -0.1) is 0 Å². The van der Waals surface area contributed by atoms with Crippen LogP contribution < -0.4 is 5.32 Å².